The van der Waals surface area contributed by atoms with E-state index in [0.29, 0.717) is 18.8 Å². The third-order valence-electron chi connectivity index (χ3n) is 4.18. The van der Waals surface area contributed by atoms with Gasteiger partial charge in [-0.15, -0.1) is 11.8 Å². The molecule has 6 heteroatoms. The van der Waals surface area contributed by atoms with Gasteiger partial charge in [0.05, 0.1) is 11.5 Å². The molecule has 0 bridgehead atoms. The molecule has 2 atom stereocenters. The van der Waals surface area contributed by atoms with Gasteiger partial charge in [0.15, 0.2) is 0 Å². The lowest BCUT2D eigenvalue weighted by Crippen LogP contribution is -2.48. The second kappa shape index (κ2) is 5.83. The van der Waals surface area contributed by atoms with Crippen LogP contribution in [-0.4, -0.2) is 40.0 Å². The molecular weight excluding hydrogens is 300 g/mol. The lowest BCUT2D eigenvalue weighted by molar-refractivity contribution is -0.135. The van der Waals surface area contributed by atoms with Crippen molar-refractivity contribution in [2.75, 3.05) is 17.7 Å². The summed E-state index contributed by atoms with van der Waals surface area (Å²) in [5.41, 5.74) is 0.721. The van der Waals surface area contributed by atoms with Gasteiger partial charge in [0.1, 0.15) is 11.8 Å². The minimum Gasteiger partial charge on any atom is -0.494 e. The van der Waals surface area contributed by atoms with Crippen LogP contribution in [0.4, 0.5) is 5.69 Å². The van der Waals surface area contributed by atoms with Crippen LogP contribution in [0.2, 0.25) is 0 Å². The van der Waals surface area contributed by atoms with Crippen LogP contribution >= 0.6 is 11.8 Å². The van der Waals surface area contributed by atoms with Crippen LogP contribution in [0, 0.1) is 0 Å². The quantitative estimate of drug-likeness (QED) is 0.926. The molecule has 22 heavy (non-hydrogen) atoms. The molecule has 1 aromatic rings. The van der Waals surface area contributed by atoms with Crippen LogP contribution in [-0.2, 0) is 9.59 Å². The van der Waals surface area contributed by atoms with Crippen molar-refractivity contribution in [1.29, 1.82) is 0 Å². The smallest absolute Gasteiger partial charge is 0.248 e. The number of ether oxygens (including phenoxy) is 1. The molecule has 1 aromatic carbocycles. The van der Waals surface area contributed by atoms with Crippen molar-refractivity contribution in [3.8, 4) is 5.75 Å². The van der Waals surface area contributed by atoms with Gasteiger partial charge >= 0.3 is 0 Å². The standard InChI is InChI=1S/C16H20N2O3S/c1-3-21-12-6-4-11(5-7-12)17-15(20)13-10-22-16(2)9-8-14(19)18(13)16/h4-7,13H,3,8-10H2,1-2H3,(H,17,20)/t13-,16-/m1/s1. The second-order valence-electron chi connectivity index (χ2n) is 5.71. The Labute approximate surface area is 134 Å². The van der Waals surface area contributed by atoms with Gasteiger partial charge in [0, 0.05) is 17.9 Å². The number of rotatable bonds is 4. The number of nitrogens with one attached hydrogen (secondary N) is 1. The summed E-state index contributed by atoms with van der Waals surface area (Å²) < 4.78 is 5.38. The van der Waals surface area contributed by atoms with Crippen LogP contribution < -0.4 is 10.1 Å². The maximum atomic E-state index is 12.5. The normalized spacial score (nSPS) is 26.9. The van der Waals surface area contributed by atoms with Gasteiger partial charge in [-0.2, -0.15) is 0 Å². The van der Waals surface area contributed by atoms with Crippen molar-refractivity contribution >= 4 is 29.3 Å². The Morgan fingerprint density at radius 3 is 2.86 bits per heavy atom. The van der Waals surface area contributed by atoms with Crippen LogP contribution in [0.25, 0.3) is 0 Å². The number of hydrogen-bond acceptors (Lipinski definition) is 4. The van der Waals surface area contributed by atoms with E-state index in [1.165, 1.54) is 0 Å². The lowest BCUT2D eigenvalue weighted by Gasteiger charge is -2.29. The summed E-state index contributed by atoms with van der Waals surface area (Å²) in [7, 11) is 0. The average Bonchev–Trinajstić information content (AvgIpc) is 2.98. The number of hydrogen-bond donors (Lipinski definition) is 1. The van der Waals surface area contributed by atoms with Crippen molar-refractivity contribution < 1.29 is 14.3 Å². The number of carbonyl (C=O) groups excluding carboxylic acids is 2. The zero-order chi connectivity index (χ0) is 15.7. The molecule has 2 heterocycles. The summed E-state index contributed by atoms with van der Waals surface area (Å²) in [6.45, 7) is 4.59. The molecule has 0 saturated carbocycles. The minimum atomic E-state index is -0.378. The van der Waals surface area contributed by atoms with E-state index in [1.54, 1.807) is 16.7 Å². The first-order valence-corrected chi connectivity index (χ1v) is 8.52. The summed E-state index contributed by atoms with van der Waals surface area (Å²) in [5.74, 6) is 1.40. The molecular formula is C16H20N2O3S. The molecule has 1 N–H and O–H groups in total. The Morgan fingerprint density at radius 2 is 2.18 bits per heavy atom. The van der Waals surface area contributed by atoms with E-state index in [9.17, 15) is 9.59 Å². The highest BCUT2D eigenvalue weighted by Crippen LogP contribution is 2.47. The van der Waals surface area contributed by atoms with E-state index in [-0.39, 0.29) is 22.7 Å². The number of amides is 2. The monoisotopic (exact) mass is 320 g/mol. The molecule has 0 radical (unpaired) electrons. The van der Waals surface area contributed by atoms with Crippen molar-refractivity contribution in [2.45, 2.75) is 37.6 Å². The number of thioether (sulfide) groups is 1. The van der Waals surface area contributed by atoms with Gasteiger partial charge in [-0.25, -0.2) is 0 Å². The van der Waals surface area contributed by atoms with Gasteiger partial charge in [0.25, 0.3) is 0 Å². The largest absolute Gasteiger partial charge is 0.494 e. The minimum absolute atomic E-state index is 0.0827. The van der Waals surface area contributed by atoms with Crippen LogP contribution in [0.3, 0.4) is 0 Å². The second-order valence-corrected chi connectivity index (χ2v) is 7.21. The highest BCUT2D eigenvalue weighted by atomic mass is 32.2. The first kappa shape index (κ1) is 15.2. The summed E-state index contributed by atoms with van der Waals surface area (Å²) in [6, 6.07) is 6.91. The lowest BCUT2D eigenvalue weighted by atomic mass is 10.2. The SMILES string of the molecule is CCOc1ccc(NC(=O)[C@H]2CS[C@]3(C)CCC(=O)N23)cc1. The molecule has 0 aliphatic carbocycles. The van der Waals surface area contributed by atoms with Crippen LogP contribution in [0.1, 0.15) is 26.7 Å². The Bertz CT molecular complexity index is 590. The summed E-state index contributed by atoms with van der Waals surface area (Å²) in [4.78, 5) is 26.1. The van der Waals surface area contributed by atoms with Gasteiger partial charge in [-0.1, -0.05) is 0 Å². The molecule has 0 unspecified atom stereocenters. The summed E-state index contributed by atoms with van der Waals surface area (Å²) >= 11 is 1.70. The van der Waals surface area contributed by atoms with Crippen LogP contribution in [0.5, 0.6) is 5.75 Å². The molecule has 2 fully saturated rings. The molecule has 2 saturated heterocycles. The predicted molar refractivity (Wildman–Crippen MR) is 87.0 cm³/mol. The highest BCUT2D eigenvalue weighted by molar-refractivity contribution is 8.01. The fraction of sp³-hybridized carbons (Fsp3) is 0.500. The number of benzene rings is 1. The summed E-state index contributed by atoms with van der Waals surface area (Å²) in [5, 5.41) is 2.90. The number of anilines is 1. The molecule has 0 spiro atoms. The zero-order valence-corrected chi connectivity index (χ0v) is 13.6. The van der Waals surface area contributed by atoms with E-state index in [4.69, 9.17) is 4.74 Å². The Morgan fingerprint density at radius 1 is 1.45 bits per heavy atom. The first-order valence-electron chi connectivity index (χ1n) is 7.53. The maximum Gasteiger partial charge on any atom is 0.248 e. The van der Waals surface area contributed by atoms with E-state index in [0.717, 1.165) is 17.9 Å². The Kier molecular flexibility index (Phi) is 4.04. The number of fused-ring (bicyclic) bond motifs is 1. The predicted octanol–water partition coefficient (Wildman–Crippen LogP) is 2.48. The van der Waals surface area contributed by atoms with E-state index in [1.807, 2.05) is 38.1 Å². The van der Waals surface area contributed by atoms with E-state index in [2.05, 4.69) is 5.32 Å². The van der Waals surface area contributed by atoms with Gasteiger partial charge < -0.3 is 15.0 Å². The summed E-state index contributed by atoms with van der Waals surface area (Å²) in [6.07, 6.45) is 1.36. The van der Waals surface area contributed by atoms with Crippen LogP contribution in [0.15, 0.2) is 24.3 Å². The molecule has 0 aromatic heterocycles. The molecule has 2 amide bonds. The number of nitrogens with zero attached hydrogens (tertiary/aromatic N) is 1. The highest BCUT2D eigenvalue weighted by Gasteiger charge is 2.52. The maximum absolute atomic E-state index is 12.5. The Balaban J connectivity index is 1.68. The first-order chi connectivity index (χ1) is 10.5. The molecule has 118 valence electrons. The van der Waals surface area contributed by atoms with Crippen molar-refractivity contribution in [3.05, 3.63) is 24.3 Å². The molecule has 3 rings (SSSR count). The third-order valence-corrected chi connectivity index (χ3v) is 5.69. The van der Waals surface area contributed by atoms with Gasteiger partial charge in [-0.05, 0) is 44.5 Å². The van der Waals surface area contributed by atoms with E-state index < -0.39 is 0 Å². The topological polar surface area (TPSA) is 58.6 Å². The zero-order valence-electron chi connectivity index (χ0n) is 12.8. The molecule has 2 aliphatic rings. The van der Waals surface area contributed by atoms with Crippen molar-refractivity contribution in [2.24, 2.45) is 0 Å². The third kappa shape index (κ3) is 2.67. The number of carbonyl (C=O) groups is 2. The fourth-order valence-corrected chi connectivity index (χ4v) is 4.47. The van der Waals surface area contributed by atoms with Gasteiger partial charge in [0.2, 0.25) is 11.8 Å². The fourth-order valence-electron chi connectivity index (χ4n) is 3.04. The molecule has 5 nitrogen and oxygen atoms in total. The van der Waals surface area contributed by atoms with Gasteiger partial charge in [-0.3, -0.25) is 9.59 Å². The van der Waals surface area contributed by atoms with Crippen molar-refractivity contribution in [3.63, 3.8) is 0 Å². The van der Waals surface area contributed by atoms with Crippen molar-refractivity contribution in [1.82, 2.24) is 4.90 Å². The van der Waals surface area contributed by atoms with E-state index >= 15 is 0 Å². The Hall–Kier alpha value is -1.69. The average molecular weight is 320 g/mol. The molecule has 2 aliphatic heterocycles.